The van der Waals surface area contributed by atoms with Gasteiger partial charge >= 0.3 is 5.97 Å². The van der Waals surface area contributed by atoms with Gasteiger partial charge in [0, 0.05) is 31.9 Å². The van der Waals surface area contributed by atoms with Crippen molar-refractivity contribution >= 4 is 11.9 Å². The summed E-state index contributed by atoms with van der Waals surface area (Å²) in [6, 6.07) is 5.01. The van der Waals surface area contributed by atoms with Crippen LogP contribution in [0.3, 0.4) is 0 Å². The first kappa shape index (κ1) is 21.0. The Labute approximate surface area is 168 Å². The molecular formula is C21H25F2N3O3. The van der Waals surface area contributed by atoms with Crippen molar-refractivity contribution in [2.45, 2.75) is 33.1 Å². The smallest absolute Gasteiger partial charge is 0.314 e. The molecule has 1 saturated heterocycles. The topological polar surface area (TPSA) is 64.4 Å². The molecule has 2 heterocycles. The van der Waals surface area contributed by atoms with E-state index in [1.807, 2.05) is 6.92 Å². The number of rotatable bonds is 5. The number of nitrogens with zero attached hydrogens (tertiary/aromatic N) is 3. The number of carbonyl (C=O) groups excluding carboxylic acids is 2. The van der Waals surface area contributed by atoms with E-state index in [1.54, 1.807) is 29.6 Å². The normalized spacial score (nSPS) is 19.3. The number of ether oxygens (including phenoxy) is 1. The number of hydrogen-bond donors (Lipinski definition) is 0. The lowest BCUT2D eigenvalue weighted by Crippen LogP contribution is -2.51. The molecule has 1 fully saturated rings. The Morgan fingerprint density at radius 1 is 1.28 bits per heavy atom. The molecule has 0 radical (unpaired) electrons. The Kier molecular flexibility index (Phi) is 6.00. The number of carbonyl (C=O) groups is 2. The molecule has 1 amide bonds. The highest BCUT2D eigenvalue weighted by Crippen LogP contribution is 2.36. The van der Waals surface area contributed by atoms with Crippen LogP contribution in [0.4, 0.5) is 8.78 Å². The van der Waals surface area contributed by atoms with Crippen LogP contribution in [-0.4, -0.2) is 46.3 Å². The van der Waals surface area contributed by atoms with E-state index in [4.69, 9.17) is 4.74 Å². The van der Waals surface area contributed by atoms with E-state index in [1.165, 1.54) is 12.1 Å². The van der Waals surface area contributed by atoms with Gasteiger partial charge in [0.25, 0.3) is 5.91 Å². The van der Waals surface area contributed by atoms with E-state index in [9.17, 15) is 18.4 Å². The molecular weight excluding hydrogens is 380 g/mol. The van der Waals surface area contributed by atoms with Crippen molar-refractivity contribution in [3.63, 3.8) is 0 Å². The molecule has 0 aliphatic carbocycles. The maximum absolute atomic E-state index is 14.3. The summed E-state index contributed by atoms with van der Waals surface area (Å²) in [4.78, 5) is 27.4. The lowest BCUT2D eigenvalue weighted by molar-refractivity contribution is -0.158. The van der Waals surface area contributed by atoms with E-state index < -0.39 is 23.0 Å². The maximum atomic E-state index is 14.3. The van der Waals surface area contributed by atoms with E-state index in [0.717, 1.165) is 11.8 Å². The molecule has 0 spiro atoms. The minimum atomic E-state index is -1.09. The molecule has 29 heavy (non-hydrogen) atoms. The van der Waals surface area contributed by atoms with Crippen molar-refractivity contribution in [1.29, 1.82) is 0 Å². The zero-order chi connectivity index (χ0) is 21.2. The van der Waals surface area contributed by atoms with Gasteiger partial charge in [-0.15, -0.1) is 0 Å². The molecule has 1 aliphatic heterocycles. The zero-order valence-electron chi connectivity index (χ0n) is 16.9. The van der Waals surface area contributed by atoms with Crippen molar-refractivity contribution in [2.24, 2.45) is 12.5 Å². The molecule has 1 unspecified atom stereocenters. The Balaban J connectivity index is 1.91. The highest BCUT2D eigenvalue weighted by molar-refractivity contribution is 5.93. The van der Waals surface area contributed by atoms with Crippen molar-refractivity contribution in [2.75, 3.05) is 19.7 Å². The number of amides is 1. The third-order valence-electron chi connectivity index (χ3n) is 5.45. The van der Waals surface area contributed by atoms with Gasteiger partial charge in [0.05, 0.1) is 12.0 Å². The van der Waals surface area contributed by atoms with Crippen LogP contribution in [0, 0.1) is 24.0 Å². The molecule has 1 aromatic heterocycles. The molecule has 156 valence electrons. The Bertz CT molecular complexity index is 908. The van der Waals surface area contributed by atoms with E-state index in [2.05, 4.69) is 5.10 Å². The Morgan fingerprint density at radius 3 is 2.66 bits per heavy atom. The molecule has 1 atom stereocenters. The number of esters is 1. The largest absolute Gasteiger partial charge is 0.466 e. The quantitative estimate of drug-likeness (QED) is 0.718. The van der Waals surface area contributed by atoms with Gasteiger partial charge < -0.3 is 9.64 Å². The molecule has 3 rings (SSSR count). The second-order valence-corrected chi connectivity index (χ2v) is 7.54. The van der Waals surface area contributed by atoms with Crippen molar-refractivity contribution < 1.29 is 23.1 Å². The van der Waals surface area contributed by atoms with E-state index in [0.29, 0.717) is 25.1 Å². The molecule has 0 bridgehead atoms. The lowest BCUT2D eigenvalue weighted by Gasteiger charge is -2.41. The summed E-state index contributed by atoms with van der Waals surface area (Å²) in [7, 11) is 1.75. The Morgan fingerprint density at radius 2 is 2.03 bits per heavy atom. The van der Waals surface area contributed by atoms with E-state index in [-0.39, 0.29) is 31.0 Å². The molecule has 8 heteroatoms. The summed E-state index contributed by atoms with van der Waals surface area (Å²) < 4.78 is 34.5. The highest BCUT2D eigenvalue weighted by Gasteiger charge is 2.45. The van der Waals surface area contributed by atoms with Crippen molar-refractivity contribution in [1.82, 2.24) is 14.7 Å². The summed E-state index contributed by atoms with van der Waals surface area (Å²) >= 11 is 0. The fourth-order valence-corrected chi connectivity index (χ4v) is 3.83. The number of aromatic nitrogens is 2. The number of benzene rings is 1. The number of likely N-dealkylation sites (tertiary alicyclic amines) is 1. The summed E-state index contributed by atoms with van der Waals surface area (Å²) in [5.41, 5.74) is 0.280. The van der Waals surface area contributed by atoms with Gasteiger partial charge in [-0.05, 0) is 50.8 Å². The van der Waals surface area contributed by atoms with Gasteiger partial charge in [-0.2, -0.15) is 5.10 Å². The molecule has 1 aromatic carbocycles. The average Bonchev–Trinajstić information content (AvgIpc) is 3.02. The zero-order valence-corrected chi connectivity index (χ0v) is 16.9. The van der Waals surface area contributed by atoms with E-state index >= 15 is 0 Å². The standard InChI is InChI=1S/C21H25F2N3O3/c1-4-29-20(28)21(12-15-6-7-16(22)11-17(15)23)8-5-9-26(13-21)19(27)18-10-14(2)25(3)24-18/h6-7,10-11H,4-5,8-9,12-13H2,1-3H3. The van der Waals surface area contributed by atoms with Crippen LogP contribution in [0.15, 0.2) is 24.3 Å². The number of halogens is 2. The van der Waals surface area contributed by atoms with Crippen LogP contribution >= 0.6 is 0 Å². The van der Waals surface area contributed by atoms with Gasteiger partial charge in [0.15, 0.2) is 5.69 Å². The second-order valence-electron chi connectivity index (χ2n) is 7.54. The molecule has 6 nitrogen and oxygen atoms in total. The number of aryl methyl sites for hydroxylation is 2. The predicted molar refractivity (Wildman–Crippen MR) is 102 cm³/mol. The third kappa shape index (κ3) is 4.31. The second kappa shape index (κ2) is 8.31. The summed E-state index contributed by atoms with van der Waals surface area (Å²) in [5, 5.41) is 4.23. The molecule has 1 aliphatic rings. The van der Waals surface area contributed by atoms with Gasteiger partial charge in [0.2, 0.25) is 0 Å². The summed E-state index contributed by atoms with van der Waals surface area (Å²) in [6.45, 7) is 4.30. The highest BCUT2D eigenvalue weighted by atomic mass is 19.1. The van der Waals surface area contributed by atoms with Gasteiger partial charge in [-0.1, -0.05) is 6.07 Å². The fraction of sp³-hybridized carbons (Fsp3) is 0.476. The fourth-order valence-electron chi connectivity index (χ4n) is 3.83. The monoisotopic (exact) mass is 405 g/mol. The SMILES string of the molecule is CCOC(=O)C1(Cc2ccc(F)cc2F)CCCN(C(=O)c2cc(C)n(C)n2)C1. The maximum Gasteiger partial charge on any atom is 0.314 e. The first-order chi connectivity index (χ1) is 13.8. The molecule has 2 aromatic rings. The average molecular weight is 405 g/mol. The van der Waals surface area contributed by atoms with Crippen molar-refractivity contribution in [3.05, 3.63) is 52.9 Å². The lowest BCUT2D eigenvalue weighted by atomic mass is 9.74. The summed E-state index contributed by atoms with van der Waals surface area (Å²) in [5.74, 6) is -2.14. The van der Waals surface area contributed by atoms with Gasteiger partial charge in [0.1, 0.15) is 11.6 Å². The van der Waals surface area contributed by atoms with Crippen LogP contribution in [0.2, 0.25) is 0 Å². The van der Waals surface area contributed by atoms with Crippen LogP contribution in [0.5, 0.6) is 0 Å². The van der Waals surface area contributed by atoms with Crippen LogP contribution < -0.4 is 0 Å². The van der Waals surface area contributed by atoms with Crippen LogP contribution in [0.1, 0.15) is 41.5 Å². The first-order valence-electron chi connectivity index (χ1n) is 9.67. The van der Waals surface area contributed by atoms with Gasteiger partial charge in [-0.3, -0.25) is 14.3 Å². The van der Waals surface area contributed by atoms with Crippen molar-refractivity contribution in [3.8, 4) is 0 Å². The predicted octanol–water partition coefficient (Wildman–Crippen LogP) is 3.03. The number of hydrogen-bond acceptors (Lipinski definition) is 4. The van der Waals surface area contributed by atoms with Crippen LogP contribution in [-0.2, 0) is 23.0 Å². The number of piperidine rings is 1. The third-order valence-corrected chi connectivity index (χ3v) is 5.45. The minimum Gasteiger partial charge on any atom is -0.466 e. The van der Waals surface area contributed by atoms with Gasteiger partial charge in [-0.25, -0.2) is 8.78 Å². The first-order valence-corrected chi connectivity index (χ1v) is 9.67. The summed E-state index contributed by atoms with van der Waals surface area (Å²) in [6.07, 6.45) is 1.05. The minimum absolute atomic E-state index is 0.0307. The Hall–Kier alpha value is -2.77. The molecule has 0 N–H and O–H groups in total. The molecule has 0 saturated carbocycles. The van der Waals surface area contributed by atoms with Crippen LogP contribution in [0.25, 0.3) is 0 Å².